The van der Waals surface area contributed by atoms with E-state index < -0.39 is 6.04 Å². The van der Waals surface area contributed by atoms with Crippen molar-refractivity contribution in [2.45, 2.75) is 6.04 Å². The summed E-state index contributed by atoms with van der Waals surface area (Å²) >= 11 is 1.42. The maximum absolute atomic E-state index is 14.0. The molecule has 5 nitrogen and oxygen atoms in total. The molecule has 1 atom stereocenters. The van der Waals surface area contributed by atoms with E-state index in [4.69, 9.17) is 10.1 Å². The highest BCUT2D eigenvalue weighted by molar-refractivity contribution is 7.07. The largest absolute Gasteiger partial charge is 0.272 e. The Labute approximate surface area is 235 Å². The third-order valence-corrected chi connectivity index (χ3v) is 7.93. The number of thiazole rings is 1. The van der Waals surface area contributed by atoms with Crippen LogP contribution < -0.4 is 14.9 Å². The van der Waals surface area contributed by atoms with Crippen LogP contribution in [0.4, 0.5) is 0 Å². The Kier molecular flexibility index (Phi) is 6.15. The standard InChI is InChI=1S/C34H24N4OS/c39-33-31(21-24-13-5-1-6-14-24)40-34-35-29(25-15-7-2-8-16-25)22-30(38(33)34)28-23-37(27-19-11-4-12-20-27)36-32(28)26-17-9-3-10-18-26/h1-23,30H. The minimum atomic E-state index is -0.392. The second-order valence-electron chi connectivity index (χ2n) is 9.53. The van der Waals surface area contributed by atoms with Crippen LogP contribution in [0.3, 0.4) is 0 Å². The van der Waals surface area contributed by atoms with Crippen LogP contribution in [0.2, 0.25) is 0 Å². The highest BCUT2D eigenvalue weighted by Gasteiger charge is 2.27. The molecule has 0 fully saturated rings. The SMILES string of the molecule is O=c1c(=Cc2ccccc2)sc2n1C(c1cn(-c3ccccc3)nc1-c1ccccc1)C=C(c1ccccc1)N=2. The maximum Gasteiger partial charge on any atom is 0.271 e. The van der Waals surface area contributed by atoms with Gasteiger partial charge < -0.3 is 0 Å². The van der Waals surface area contributed by atoms with Gasteiger partial charge in [-0.3, -0.25) is 9.36 Å². The second kappa shape index (κ2) is 10.2. The molecular formula is C34H24N4OS. The van der Waals surface area contributed by atoms with Crippen LogP contribution in [-0.2, 0) is 0 Å². The Balaban J connectivity index is 1.49. The van der Waals surface area contributed by atoms with E-state index in [-0.39, 0.29) is 5.56 Å². The molecule has 0 saturated heterocycles. The van der Waals surface area contributed by atoms with Gasteiger partial charge in [-0.15, -0.1) is 0 Å². The molecule has 6 aromatic rings. The lowest BCUT2D eigenvalue weighted by Crippen LogP contribution is -2.36. The van der Waals surface area contributed by atoms with E-state index >= 15 is 0 Å². The molecule has 192 valence electrons. The van der Waals surface area contributed by atoms with Gasteiger partial charge in [0.05, 0.1) is 27.7 Å². The van der Waals surface area contributed by atoms with Crippen molar-refractivity contribution in [3.8, 4) is 16.9 Å². The molecule has 6 heteroatoms. The quantitative estimate of drug-likeness (QED) is 0.277. The molecular weight excluding hydrogens is 512 g/mol. The fourth-order valence-corrected chi connectivity index (χ4v) is 6.03. The zero-order valence-corrected chi connectivity index (χ0v) is 22.3. The lowest BCUT2D eigenvalue weighted by molar-refractivity contribution is 0.645. The van der Waals surface area contributed by atoms with Crippen molar-refractivity contribution in [2.75, 3.05) is 0 Å². The number of nitrogens with zero attached hydrogens (tertiary/aromatic N) is 4. The van der Waals surface area contributed by atoms with Gasteiger partial charge >= 0.3 is 0 Å². The molecule has 0 N–H and O–H groups in total. The molecule has 0 amide bonds. The van der Waals surface area contributed by atoms with E-state index in [1.807, 2.05) is 119 Å². The van der Waals surface area contributed by atoms with Gasteiger partial charge in [-0.1, -0.05) is 121 Å². The lowest BCUT2D eigenvalue weighted by Gasteiger charge is -2.19. The summed E-state index contributed by atoms with van der Waals surface area (Å²) in [5.74, 6) is 0. The average molecular weight is 537 g/mol. The van der Waals surface area contributed by atoms with Crippen LogP contribution >= 0.6 is 11.3 Å². The summed E-state index contributed by atoms with van der Waals surface area (Å²) in [6, 6.07) is 39.8. The number of benzene rings is 4. The van der Waals surface area contributed by atoms with Crippen LogP contribution in [0.25, 0.3) is 28.7 Å². The van der Waals surface area contributed by atoms with E-state index in [1.54, 1.807) is 0 Å². The molecule has 0 radical (unpaired) electrons. The van der Waals surface area contributed by atoms with Crippen molar-refractivity contribution in [2.24, 2.45) is 4.99 Å². The number of hydrogen-bond acceptors (Lipinski definition) is 4. The molecule has 0 aliphatic carbocycles. The van der Waals surface area contributed by atoms with E-state index in [0.29, 0.717) is 9.33 Å². The van der Waals surface area contributed by atoms with Crippen LogP contribution in [0.5, 0.6) is 0 Å². The third kappa shape index (κ3) is 4.44. The predicted molar refractivity (Wildman–Crippen MR) is 161 cm³/mol. The minimum absolute atomic E-state index is 0.0626. The van der Waals surface area contributed by atoms with Crippen molar-refractivity contribution >= 4 is 23.1 Å². The maximum atomic E-state index is 14.0. The smallest absolute Gasteiger partial charge is 0.271 e. The normalized spacial score (nSPS) is 14.8. The zero-order valence-electron chi connectivity index (χ0n) is 21.5. The molecule has 0 bridgehead atoms. The number of fused-ring (bicyclic) bond motifs is 1. The van der Waals surface area contributed by atoms with Crippen LogP contribution in [0, 0.1) is 0 Å². The predicted octanol–water partition coefficient (Wildman–Crippen LogP) is 5.86. The highest BCUT2D eigenvalue weighted by atomic mass is 32.1. The lowest BCUT2D eigenvalue weighted by atomic mass is 9.99. The van der Waals surface area contributed by atoms with Gasteiger partial charge in [0.1, 0.15) is 0 Å². The van der Waals surface area contributed by atoms with Gasteiger partial charge in [-0.05, 0) is 35.4 Å². The topological polar surface area (TPSA) is 52.2 Å². The zero-order chi connectivity index (χ0) is 26.9. The molecule has 1 aliphatic rings. The van der Waals surface area contributed by atoms with Crippen molar-refractivity contribution in [1.82, 2.24) is 14.3 Å². The van der Waals surface area contributed by atoms with Gasteiger partial charge in [-0.25, -0.2) is 9.67 Å². The van der Waals surface area contributed by atoms with Gasteiger partial charge in [0, 0.05) is 17.3 Å². The Morgan fingerprint density at radius 1 is 0.725 bits per heavy atom. The Hall–Kier alpha value is -5.07. The Morgan fingerprint density at radius 3 is 2.00 bits per heavy atom. The summed E-state index contributed by atoms with van der Waals surface area (Å²) in [5.41, 5.74) is 6.47. The Morgan fingerprint density at radius 2 is 1.32 bits per heavy atom. The van der Waals surface area contributed by atoms with E-state index in [0.717, 1.165) is 39.3 Å². The number of para-hydroxylation sites is 1. The summed E-state index contributed by atoms with van der Waals surface area (Å²) in [4.78, 5) is 19.6. The number of aromatic nitrogens is 3. The van der Waals surface area contributed by atoms with E-state index in [9.17, 15) is 4.79 Å². The first-order chi connectivity index (χ1) is 19.7. The highest BCUT2D eigenvalue weighted by Crippen LogP contribution is 2.33. The molecule has 0 spiro atoms. The molecule has 1 aliphatic heterocycles. The van der Waals surface area contributed by atoms with Crippen molar-refractivity contribution in [3.63, 3.8) is 0 Å². The first-order valence-corrected chi connectivity index (χ1v) is 13.9. The third-order valence-electron chi connectivity index (χ3n) is 6.94. The molecule has 1 unspecified atom stereocenters. The van der Waals surface area contributed by atoms with Crippen LogP contribution in [0.1, 0.15) is 22.7 Å². The van der Waals surface area contributed by atoms with Crippen molar-refractivity contribution in [1.29, 1.82) is 0 Å². The average Bonchev–Trinajstić information content (AvgIpc) is 3.60. The van der Waals surface area contributed by atoms with Crippen LogP contribution in [0.15, 0.2) is 143 Å². The van der Waals surface area contributed by atoms with Gasteiger partial charge in [0.2, 0.25) is 0 Å². The molecule has 4 aromatic carbocycles. The number of hydrogen-bond donors (Lipinski definition) is 0. The van der Waals surface area contributed by atoms with Gasteiger partial charge in [0.15, 0.2) is 4.80 Å². The van der Waals surface area contributed by atoms with E-state index in [1.165, 1.54) is 11.3 Å². The fourth-order valence-electron chi connectivity index (χ4n) is 5.01. The van der Waals surface area contributed by atoms with Crippen LogP contribution in [-0.4, -0.2) is 14.3 Å². The molecule has 2 aromatic heterocycles. The summed E-state index contributed by atoms with van der Waals surface area (Å²) in [7, 11) is 0. The summed E-state index contributed by atoms with van der Waals surface area (Å²) in [6.07, 6.45) is 6.07. The monoisotopic (exact) mass is 536 g/mol. The summed E-state index contributed by atoms with van der Waals surface area (Å²) in [6.45, 7) is 0. The molecule has 3 heterocycles. The van der Waals surface area contributed by atoms with Crippen molar-refractivity contribution in [3.05, 3.63) is 170 Å². The first kappa shape index (κ1) is 24.0. The number of rotatable bonds is 5. The van der Waals surface area contributed by atoms with Gasteiger partial charge in [0.25, 0.3) is 5.56 Å². The first-order valence-electron chi connectivity index (χ1n) is 13.1. The summed E-state index contributed by atoms with van der Waals surface area (Å²) < 4.78 is 4.35. The Bertz CT molecular complexity index is 2010. The molecule has 7 rings (SSSR count). The second-order valence-corrected chi connectivity index (χ2v) is 10.5. The summed E-state index contributed by atoms with van der Waals surface area (Å²) in [5, 5.41) is 5.04. The molecule has 0 saturated carbocycles. The fraction of sp³-hybridized carbons (Fsp3) is 0.0294. The minimum Gasteiger partial charge on any atom is -0.272 e. The number of allylic oxidation sites excluding steroid dienone is 1. The molecule has 40 heavy (non-hydrogen) atoms. The van der Waals surface area contributed by atoms with Crippen molar-refractivity contribution < 1.29 is 0 Å². The van der Waals surface area contributed by atoms with E-state index in [2.05, 4.69) is 30.3 Å². The van der Waals surface area contributed by atoms with Gasteiger partial charge in [-0.2, -0.15) is 5.10 Å².